The Morgan fingerprint density at radius 2 is 1.57 bits per heavy atom. The zero-order valence-electron chi connectivity index (χ0n) is 22.1. The minimum atomic E-state index is -0.259. The molecule has 0 spiro atoms. The van der Waals surface area contributed by atoms with Crippen LogP contribution < -0.4 is 29.9 Å². The second-order valence-corrected chi connectivity index (χ2v) is 9.27. The number of para-hydroxylation sites is 1. The van der Waals surface area contributed by atoms with Crippen LogP contribution in [0, 0.1) is 0 Å². The third kappa shape index (κ3) is 6.65. The van der Waals surface area contributed by atoms with Gasteiger partial charge in [-0.25, -0.2) is 4.79 Å². The molecule has 1 fully saturated rings. The summed E-state index contributed by atoms with van der Waals surface area (Å²) < 4.78 is 10.6. The SMILES string of the molecule is COc1ccc(NC(=O)NCC(c2ccc(N(C)C)cc2)N2CCN(c3ccccc3)CC2)cc1OC. The van der Waals surface area contributed by atoms with Crippen LogP contribution in [0.1, 0.15) is 11.6 Å². The zero-order valence-corrected chi connectivity index (χ0v) is 22.1. The van der Waals surface area contributed by atoms with Crippen molar-refractivity contribution in [1.82, 2.24) is 10.2 Å². The van der Waals surface area contributed by atoms with Gasteiger partial charge in [0.25, 0.3) is 0 Å². The van der Waals surface area contributed by atoms with Crippen LogP contribution in [0.25, 0.3) is 0 Å². The van der Waals surface area contributed by atoms with Crippen LogP contribution in [0.15, 0.2) is 72.8 Å². The van der Waals surface area contributed by atoms with Crippen LogP contribution in [-0.2, 0) is 0 Å². The minimum absolute atomic E-state index is 0.0605. The molecule has 37 heavy (non-hydrogen) atoms. The summed E-state index contributed by atoms with van der Waals surface area (Å²) in [4.78, 5) is 19.8. The average Bonchev–Trinajstić information content (AvgIpc) is 2.94. The fourth-order valence-electron chi connectivity index (χ4n) is 4.66. The summed E-state index contributed by atoms with van der Waals surface area (Å²) in [5.41, 5.74) is 4.22. The maximum Gasteiger partial charge on any atom is 0.319 e. The fraction of sp³-hybridized carbons (Fsp3) is 0.345. The van der Waals surface area contributed by atoms with Crippen LogP contribution in [-0.4, -0.2) is 72.0 Å². The van der Waals surface area contributed by atoms with E-state index in [1.807, 2.05) is 20.2 Å². The quantitative estimate of drug-likeness (QED) is 0.450. The first-order valence-electron chi connectivity index (χ1n) is 12.6. The van der Waals surface area contributed by atoms with Gasteiger partial charge in [0.15, 0.2) is 11.5 Å². The molecule has 0 saturated carbocycles. The lowest BCUT2D eigenvalue weighted by Crippen LogP contribution is -2.50. The van der Waals surface area contributed by atoms with Crippen molar-refractivity contribution in [2.24, 2.45) is 0 Å². The van der Waals surface area contributed by atoms with E-state index in [9.17, 15) is 4.79 Å². The highest BCUT2D eigenvalue weighted by molar-refractivity contribution is 5.89. The number of amides is 2. The molecule has 0 bridgehead atoms. The van der Waals surface area contributed by atoms with Crippen molar-refractivity contribution in [3.05, 3.63) is 78.4 Å². The van der Waals surface area contributed by atoms with Crippen molar-refractivity contribution in [2.45, 2.75) is 6.04 Å². The number of hydrogen-bond donors (Lipinski definition) is 2. The van der Waals surface area contributed by atoms with Gasteiger partial charge in [-0.15, -0.1) is 0 Å². The molecule has 196 valence electrons. The van der Waals surface area contributed by atoms with Crippen LogP contribution in [0.3, 0.4) is 0 Å². The molecule has 8 heteroatoms. The Bertz CT molecular complexity index is 1150. The summed E-state index contributed by atoms with van der Waals surface area (Å²) in [5.74, 6) is 1.18. The maximum atomic E-state index is 12.8. The Morgan fingerprint density at radius 1 is 0.892 bits per heavy atom. The van der Waals surface area contributed by atoms with Crippen molar-refractivity contribution in [2.75, 3.05) is 76.2 Å². The molecule has 3 aromatic rings. The first-order chi connectivity index (χ1) is 18.0. The van der Waals surface area contributed by atoms with Gasteiger partial charge in [-0.05, 0) is 42.0 Å². The second-order valence-electron chi connectivity index (χ2n) is 9.27. The molecule has 8 nitrogen and oxygen atoms in total. The molecule has 1 aliphatic rings. The minimum Gasteiger partial charge on any atom is -0.493 e. The van der Waals surface area contributed by atoms with Gasteiger partial charge < -0.3 is 29.9 Å². The number of anilines is 3. The van der Waals surface area contributed by atoms with Gasteiger partial charge in [0.2, 0.25) is 0 Å². The number of piperazine rings is 1. The van der Waals surface area contributed by atoms with E-state index in [2.05, 4.69) is 73.9 Å². The summed E-state index contributed by atoms with van der Waals surface area (Å²) in [7, 11) is 7.23. The average molecular weight is 504 g/mol. The van der Waals surface area contributed by atoms with E-state index in [1.165, 1.54) is 11.3 Å². The third-order valence-corrected chi connectivity index (χ3v) is 6.77. The lowest BCUT2D eigenvalue weighted by atomic mass is 10.0. The molecule has 3 aromatic carbocycles. The van der Waals surface area contributed by atoms with Crippen LogP contribution in [0.4, 0.5) is 21.9 Å². The number of urea groups is 1. The highest BCUT2D eigenvalue weighted by Crippen LogP contribution is 2.30. The maximum absolute atomic E-state index is 12.8. The number of nitrogens with one attached hydrogen (secondary N) is 2. The standard InChI is InChI=1S/C29H37N5O3/c1-32(2)24-13-10-22(11-14-24)26(34-18-16-33(17-19-34)25-8-6-5-7-9-25)21-30-29(35)31-23-12-15-27(36-3)28(20-23)37-4/h5-15,20,26H,16-19,21H2,1-4H3,(H2,30,31,35). The summed E-state index contributed by atoms with van der Waals surface area (Å²) in [5, 5.41) is 6.00. The molecule has 1 heterocycles. The van der Waals surface area contributed by atoms with E-state index < -0.39 is 0 Å². The molecule has 0 aliphatic carbocycles. The third-order valence-electron chi connectivity index (χ3n) is 6.77. The van der Waals surface area contributed by atoms with Crippen LogP contribution >= 0.6 is 0 Å². The lowest BCUT2D eigenvalue weighted by Gasteiger charge is -2.40. The van der Waals surface area contributed by atoms with Crippen molar-refractivity contribution in [3.8, 4) is 11.5 Å². The van der Waals surface area contributed by atoms with Gasteiger partial charge >= 0.3 is 6.03 Å². The summed E-state index contributed by atoms with van der Waals surface area (Å²) in [6, 6.07) is 24.2. The van der Waals surface area contributed by atoms with Gasteiger partial charge in [-0.1, -0.05) is 30.3 Å². The number of nitrogens with zero attached hydrogens (tertiary/aromatic N) is 3. The predicted molar refractivity (Wildman–Crippen MR) is 150 cm³/mol. The molecule has 1 unspecified atom stereocenters. The number of benzene rings is 3. The van der Waals surface area contributed by atoms with E-state index >= 15 is 0 Å². The molecule has 0 aromatic heterocycles. The molecule has 1 saturated heterocycles. The number of rotatable bonds is 9. The largest absolute Gasteiger partial charge is 0.493 e. The normalized spacial score (nSPS) is 14.5. The Kier molecular flexibility index (Phi) is 8.74. The van der Waals surface area contributed by atoms with E-state index in [1.54, 1.807) is 32.4 Å². The molecular formula is C29H37N5O3. The van der Waals surface area contributed by atoms with E-state index in [-0.39, 0.29) is 12.1 Å². The second kappa shape index (κ2) is 12.4. The predicted octanol–water partition coefficient (Wildman–Crippen LogP) is 4.45. The number of methoxy groups -OCH3 is 2. The van der Waals surface area contributed by atoms with Gasteiger partial charge in [0, 0.05) is 69.9 Å². The number of carbonyl (C=O) groups excluding carboxylic acids is 1. The monoisotopic (exact) mass is 503 g/mol. The van der Waals surface area contributed by atoms with Gasteiger partial charge in [0.1, 0.15) is 0 Å². The highest BCUT2D eigenvalue weighted by Gasteiger charge is 2.26. The number of carbonyl (C=O) groups is 1. The van der Waals surface area contributed by atoms with Crippen LogP contribution in [0.2, 0.25) is 0 Å². The molecular weight excluding hydrogens is 466 g/mol. The van der Waals surface area contributed by atoms with E-state index in [4.69, 9.17) is 9.47 Å². The molecule has 4 rings (SSSR count). The molecule has 2 N–H and O–H groups in total. The van der Waals surface area contributed by atoms with Crippen molar-refractivity contribution < 1.29 is 14.3 Å². The summed E-state index contributed by atoms with van der Waals surface area (Å²) in [6.45, 7) is 4.19. The topological polar surface area (TPSA) is 69.3 Å². The van der Waals surface area contributed by atoms with Crippen molar-refractivity contribution >= 4 is 23.1 Å². The lowest BCUT2D eigenvalue weighted by molar-refractivity contribution is 0.182. The summed E-state index contributed by atoms with van der Waals surface area (Å²) >= 11 is 0. The van der Waals surface area contributed by atoms with Crippen molar-refractivity contribution in [3.63, 3.8) is 0 Å². The Hall–Kier alpha value is -3.91. The Labute approximate surface area is 219 Å². The molecule has 0 radical (unpaired) electrons. The first kappa shape index (κ1) is 26.2. The van der Waals surface area contributed by atoms with Crippen molar-refractivity contribution in [1.29, 1.82) is 0 Å². The van der Waals surface area contributed by atoms with E-state index in [0.29, 0.717) is 23.7 Å². The first-order valence-corrected chi connectivity index (χ1v) is 12.6. The Morgan fingerprint density at radius 3 is 2.19 bits per heavy atom. The van der Waals surface area contributed by atoms with Gasteiger partial charge in [-0.3, -0.25) is 4.90 Å². The molecule has 1 atom stereocenters. The van der Waals surface area contributed by atoms with Gasteiger partial charge in [-0.2, -0.15) is 0 Å². The molecule has 1 aliphatic heterocycles. The van der Waals surface area contributed by atoms with E-state index in [0.717, 1.165) is 31.9 Å². The summed E-state index contributed by atoms with van der Waals surface area (Å²) in [6.07, 6.45) is 0. The molecule has 2 amide bonds. The Balaban J connectivity index is 1.44. The fourth-order valence-corrected chi connectivity index (χ4v) is 4.66. The number of hydrogen-bond acceptors (Lipinski definition) is 6. The zero-order chi connectivity index (χ0) is 26.2. The number of ether oxygens (including phenoxy) is 2. The van der Waals surface area contributed by atoms with Gasteiger partial charge in [0.05, 0.1) is 20.3 Å². The smallest absolute Gasteiger partial charge is 0.319 e. The highest BCUT2D eigenvalue weighted by atomic mass is 16.5. The van der Waals surface area contributed by atoms with Crippen LogP contribution in [0.5, 0.6) is 11.5 Å².